The fourth-order valence-electron chi connectivity index (χ4n) is 2.21. The van der Waals surface area contributed by atoms with Crippen LogP contribution in [0.25, 0.3) is 0 Å². The minimum absolute atomic E-state index is 0.0332. The van der Waals surface area contributed by atoms with Gasteiger partial charge in [-0.25, -0.2) is 18.5 Å². The molecule has 1 aliphatic carbocycles. The van der Waals surface area contributed by atoms with E-state index in [2.05, 4.69) is 10.3 Å². The molecule has 1 fully saturated rings. The molecule has 2 unspecified atom stereocenters. The zero-order chi connectivity index (χ0) is 13.2. The Morgan fingerprint density at radius 2 is 2.28 bits per heavy atom. The number of rotatable bonds is 4. The Kier molecular flexibility index (Phi) is 3.84. The van der Waals surface area contributed by atoms with Gasteiger partial charge >= 0.3 is 0 Å². The van der Waals surface area contributed by atoms with Crippen LogP contribution in [0.5, 0.6) is 0 Å². The molecule has 6 nitrogen and oxygen atoms in total. The van der Waals surface area contributed by atoms with E-state index < -0.39 is 10.0 Å². The summed E-state index contributed by atoms with van der Waals surface area (Å²) in [5.74, 6) is 0.321. The summed E-state index contributed by atoms with van der Waals surface area (Å²) < 4.78 is 28.1. The van der Waals surface area contributed by atoms with Crippen molar-refractivity contribution in [1.82, 2.24) is 4.98 Å². The van der Waals surface area contributed by atoms with Gasteiger partial charge in [-0.1, -0.05) is 0 Å². The van der Waals surface area contributed by atoms with Gasteiger partial charge in [0.2, 0.25) is 10.0 Å². The molecule has 18 heavy (non-hydrogen) atoms. The second-order valence-corrected chi connectivity index (χ2v) is 5.94. The molecule has 2 rings (SSSR count). The summed E-state index contributed by atoms with van der Waals surface area (Å²) in [5.41, 5.74) is 0. The summed E-state index contributed by atoms with van der Waals surface area (Å²) in [6.07, 6.45) is 4.51. The quantitative estimate of drug-likeness (QED) is 0.841. The third-order valence-corrected chi connectivity index (χ3v) is 4.08. The molecule has 1 aromatic heterocycles. The van der Waals surface area contributed by atoms with Gasteiger partial charge in [-0.05, 0) is 31.4 Å². The van der Waals surface area contributed by atoms with Crippen molar-refractivity contribution in [2.24, 2.45) is 5.14 Å². The number of hydrogen-bond acceptors (Lipinski definition) is 5. The van der Waals surface area contributed by atoms with Crippen LogP contribution in [0.2, 0.25) is 0 Å². The Morgan fingerprint density at radius 1 is 1.50 bits per heavy atom. The van der Waals surface area contributed by atoms with Crippen molar-refractivity contribution in [2.45, 2.75) is 36.3 Å². The average molecular weight is 271 g/mol. The Morgan fingerprint density at radius 3 is 2.89 bits per heavy atom. The van der Waals surface area contributed by atoms with Crippen molar-refractivity contribution in [3.8, 4) is 0 Å². The second-order valence-electron chi connectivity index (χ2n) is 4.41. The highest BCUT2D eigenvalue weighted by molar-refractivity contribution is 7.89. The molecule has 0 saturated heterocycles. The minimum Gasteiger partial charge on any atom is -0.381 e. The first-order valence-corrected chi connectivity index (χ1v) is 7.32. The van der Waals surface area contributed by atoms with Crippen LogP contribution in [0.15, 0.2) is 23.2 Å². The van der Waals surface area contributed by atoms with Crippen molar-refractivity contribution in [3.05, 3.63) is 18.3 Å². The number of nitrogens with two attached hydrogens (primary N) is 1. The van der Waals surface area contributed by atoms with Gasteiger partial charge in [0.1, 0.15) is 10.7 Å². The maximum atomic E-state index is 11.4. The van der Waals surface area contributed by atoms with Crippen molar-refractivity contribution in [2.75, 3.05) is 12.4 Å². The van der Waals surface area contributed by atoms with Gasteiger partial charge in [0.25, 0.3) is 0 Å². The molecule has 0 radical (unpaired) electrons. The van der Waals surface area contributed by atoms with Crippen LogP contribution in [0.4, 0.5) is 5.82 Å². The third-order valence-electron chi connectivity index (χ3n) is 3.14. The minimum atomic E-state index is -3.75. The lowest BCUT2D eigenvalue weighted by Crippen LogP contribution is -2.22. The topological polar surface area (TPSA) is 94.3 Å². The number of sulfonamides is 1. The van der Waals surface area contributed by atoms with Crippen LogP contribution < -0.4 is 10.5 Å². The molecule has 1 aliphatic rings. The maximum Gasteiger partial charge on any atom is 0.241 e. The SMILES string of the molecule is COC1CCC(Nc2ncccc2S(N)(=O)=O)C1. The van der Waals surface area contributed by atoms with E-state index >= 15 is 0 Å². The molecule has 0 spiro atoms. The van der Waals surface area contributed by atoms with E-state index in [0.29, 0.717) is 5.82 Å². The van der Waals surface area contributed by atoms with Crippen molar-refractivity contribution in [3.63, 3.8) is 0 Å². The molecule has 7 heteroatoms. The van der Waals surface area contributed by atoms with E-state index in [0.717, 1.165) is 19.3 Å². The van der Waals surface area contributed by atoms with Gasteiger partial charge in [-0.2, -0.15) is 0 Å². The molecular weight excluding hydrogens is 254 g/mol. The van der Waals surface area contributed by atoms with E-state index in [9.17, 15) is 8.42 Å². The Hall–Kier alpha value is -1.18. The molecule has 1 heterocycles. The predicted octanol–water partition coefficient (Wildman–Crippen LogP) is 0.708. The highest BCUT2D eigenvalue weighted by atomic mass is 32.2. The van der Waals surface area contributed by atoms with Crippen LogP contribution in [0, 0.1) is 0 Å². The average Bonchev–Trinajstić information content (AvgIpc) is 2.76. The van der Waals surface area contributed by atoms with Crippen LogP contribution >= 0.6 is 0 Å². The number of anilines is 1. The molecule has 100 valence electrons. The molecule has 1 aromatic rings. The summed E-state index contributed by atoms with van der Waals surface area (Å²) in [6.45, 7) is 0. The second kappa shape index (κ2) is 5.21. The zero-order valence-corrected chi connectivity index (χ0v) is 11.0. The normalized spacial score (nSPS) is 24.1. The van der Waals surface area contributed by atoms with Crippen molar-refractivity contribution < 1.29 is 13.2 Å². The van der Waals surface area contributed by atoms with E-state index in [-0.39, 0.29) is 17.0 Å². The lowest BCUT2D eigenvalue weighted by Gasteiger charge is -2.15. The number of pyridine rings is 1. The number of ether oxygens (including phenoxy) is 1. The van der Waals surface area contributed by atoms with Crippen LogP contribution in [-0.2, 0) is 14.8 Å². The summed E-state index contributed by atoms with van der Waals surface area (Å²) in [4.78, 5) is 4.08. The number of nitrogens with one attached hydrogen (secondary N) is 1. The van der Waals surface area contributed by atoms with Gasteiger partial charge in [-0.3, -0.25) is 0 Å². The number of nitrogens with zero attached hydrogens (tertiary/aromatic N) is 1. The lowest BCUT2D eigenvalue weighted by atomic mass is 10.2. The monoisotopic (exact) mass is 271 g/mol. The number of methoxy groups -OCH3 is 1. The maximum absolute atomic E-state index is 11.4. The van der Waals surface area contributed by atoms with Crippen LogP contribution in [0.3, 0.4) is 0 Å². The highest BCUT2D eigenvalue weighted by Crippen LogP contribution is 2.26. The molecule has 1 saturated carbocycles. The number of aromatic nitrogens is 1. The molecule has 2 atom stereocenters. The fourth-order valence-corrected chi connectivity index (χ4v) is 2.86. The summed E-state index contributed by atoms with van der Waals surface area (Å²) in [6, 6.07) is 3.18. The lowest BCUT2D eigenvalue weighted by molar-refractivity contribution is 0.108. The molecule has 0 aromatic carbocycles. The van der Waals surface area contributed by atoms with E-state index in [1.165, 1.54) is 6.07 Å². The predicted molar refractivity (Wildman–Crippen MR) is 67.7 cm³/mol. The van der Waals surface area contributed by atoms with Gasteiger partial charge in [0.15, 0.2) is 0 Å². The first-order valence-electron chi connectivity index (χ1n) is 5.78. The van der Waals surface area contributed by atoms with Gasteiger partial charge in [-0.15, -0.1) is 0 Å². The fraction of sp³-hybridized carbons (Fsp3) is 0.545. The molecule has 0 aliphatic heterocycles. The number of primary sulfonamides is 1. The molecule has 0 amide bonds. The third kappa shape index (κ3) is 2.98. The number of hydrogen-bond donors (Lipinski definition) is 2. The van der Waals surface area contributed by atoms with Crippen LogP contribution in [-0.4, -0.2) is 32.7 Å². The van der Waals surface area contributed by atoms with E-state index in [4.69, 9.17) is 9.88 Å². The summed E-state index contributed by atoms with van der Waals surface area (Å²) in [7, 11) is -2.07. The summed E-state index contributed by atoms with van der Waals surface area (Å²) >= 11 is 0. The molecule has 0 bridgehead atoms. The first kappa shape index (κ1) is 13.3. The standard InChI is InChI=1S/C11H17N3O3S/c1-17-9-5-4-8(7-9)14-11-10(18(12,15)16)3-2-6-13-11/h2-3,6,8-9H,4-5,7H2,1H3,(H,13,14)(H2,12,15,16). The zero-order valence-electron chi connectivity index (χ0n) is 10.2. The van der Waals surface area contributed by atoms with Crippen molar-refractivity contribution in [1.29, 1.82) is 0 Å². The van der Waals surface area contributed by atoms with E-state index in [1.54, 1.807) is 19.4 Å². The van der Waals surface area contributed by atoms with Crippen LogP contribution in [0.1, 0.15) is 19.3 Å². The van der Waals surface area contributed by atoms with Crippen molar-refractivity contribution >= 4 is 15.8 Å². The summed E-state index contributed by atoms with van der Waals surface area (Å²) in [5, 5.41) is 8.28. The Labute approximate surface area is 107 Å². The van der Waals surface area contributed by atoms with E-state index in [1.807, 2.05) is 0 Å². The Bertz CT molecular complexity index is 518. The largest absolute Gasteiger partial charge is 0.381 e. The first-order chi connectivity index (χ1) is 8.50. The highest BCUT2D eigenvalue weighted by Gasteiger charge is 2.26. The van der Waals surface area contributed by atoms with Gasteiger partial charge in [0, 0.05) is 19.3 Å². The van der Waals surface area contributed by atoms with Gasteiger partial charge < -0.3 is 10.1 Å². The smallest absolute Gasteiger partial charge is 0.241 e. The Balaban J connectivity index is 2.15. The molecule has 3 N–H and O–H groups in total. The molecular formula is C11H17N3O3S. The van der Waals surface area contributed by atoms with Gasteiger partial charge in [0.05, 0.1) is 6.10 Å².